The average Bonchev–Trinajstić information content (AvgIpc) is 2.36. The zero-order valence-corrected chi connectivity index (χ0v) is 11.3. The van der Waals surface area contributed by atoms with E-state index in [0.29, 0.717) is 5.69 Å². The second-order valence-corrected chi connectivity index (χ2v) is 4.82. The Morgan fingerprint density at radius 3 is 3.00 bits per heavy atom. The quantitative estimate of drug-likeness (QED) is 0.814. The van der Waals surface area contributed by atoms with Gasteiger partial charge in [0.25, 0.3) is 5.91 Å². The van der Waals surface area contributed by atoms with Crippen LogP contribution in [-0.4, -0.2) is 36.0 Å². The van der Waals surface area contributed by atoms with Crippen LogP contribution in [0.2, 0.25) is 0 Å². The maximum Gasteiger partial charge on any atom is 0.270 e. The summed E-state index contributed by atoms with van der Waals surface area (Å²) < 4.78 is 0. The number of carbonyl (C=O) groups is 1. The van der Waals surface area contributed by atoms with Crippen molar-refractivity contribution in [2.45, 2.75) is 19.4 Å². The minimum atomic E-state index is -0.115. The van der Waals surface area contributed by atoms with Gasteiger partial charge in [0, 0.05) is 25.0 Å². The number of hydrogen-bond donors (Lipinski definition) is 2. The Bertz CT molecular complexity index is 371. The lowest BCUT2D eigenvalue weighted by Crippen LogP contribution is -2.33. The molecule has 0 aliphatic heterocycles. The number of rotatable bonds is 6. The molecule has 1 rings (SSSR count). The Kier molecular flexibility index (Phi) is 5.83. The molecule has 1 aromatic heterocycles. The smallest absolute Gasteiger partial charge is 0.270 e. The summed E-state index contributed by atoms with van der Waals surface area (Å²) in [7, 11) is 1.82. The fraction of sp³-hybridized carbons (Fsp3) is 0.500. The van der Waals surface area contributed by atoms with Gasteiger partial charge in [-0.3, -0.25) is 9.78 Å². The molecule has 2 N–H and O–H groups in total. The first-order valence-electron chi connectivity index (χ1n) is 5.61. The Labute approximate surface area is 107 Å². The molecule has 0 aliphatic carbocycles. The van der Waals surface area contributed by atoms with Gasteiger partial charge in [0.2, 0.25) is 0 Å². The molecule has 0 fully saturated rings. The third-order valence-corrected chi connectivity index (χ3v) is 3.06. The molecule has 0 saturated carbocycles. The van der Waals surface area contributed by atoms with Gasteiger partial charge in [-0.25, -0.2) is 0 Å². The molecule has 1 atom stereocenters. The van der Waals surface area contributed by atoms with Gasteiger partial charge < -0.3 is 10.6 Å². The number of anilines is 1. The molecule has 94 valence electrons. The summed E-state index contributed by atoms with van der Waals surface area (Å²) in [6.45, 7) is 2.01. The first-order chi connectivity index (χ1) is 8.17. The van der Waals surface area contributed by atoms with Crippen LogP contribution in [0.25, 0.3) is 0 Å². The summed E-state index contributed by atoms with van der Waals surface area (Å²) in [5.74, 6) is 0.932. The molecular formula is C12H19N3OS. The minimum absolute atomic E-state index is 0.115. The predicted octanol–water partition coefficient (Wildman–Crippen LogP) is 1.99. The minimum Gasteiger partial charge on any atom is -0.388 e. The van der Waals surface area contributed by atoms with E-state index in [0.717, 1.165) is 17.9 Å². The van der Waals surface area contributed by atoms with Crippen LogP contribution >= 0.6 is 11.8 Å². The number of aromatic nitrogens is 1. The highest BCUT2D eigenvalue weighted by Crippen LogP contribution is 2.07. The third kappa shape index (κ3) is 4.65. The molecule has 0 aromatic carbocycles. The molecule has 5 heteroatoms. The van der Waals surface area contributed by atoms with E-state index >= 15 is 0 Å². The normalized spacial score (nSPS) is 11.9. The van der Waals surface area contributed by atoms with E-state index < -0.39 is 0 Å². The van der Waals surface area contributed by atoms with Crippen LogP contribution in [0.15, 0.2) is 18.3 Å². The fourth-order valence-electron chi connectivity index (χ4n) is 1.37. The SMILES string of the molecule is CNc1ccnc(C(=O)NC(C)CCSC)c1. The second-order valence-electron chi connectivity index (χ2n) is 3.84. The van der Waals surface area contributed by atoms with Crippen molar-refractivity contribution in [3.63, 3.8) is 0 Å². The summed E-state index contributed by atoms with van der Waals surface area (Å²) in [6, 6.07) is 3.75. The van der Waals surface area contributed by atoms with Gasteiger partial charge in [0.05, 0.1) is 0 Å². The molecule has 0 spiro atoms. The van der Waals surface area contributed by atoms with Crippen LogP contribution in [0.3, 0.4) is 0 Å². The van der Waals surface area contributed by atoms with Crippen molar-refractivity contribution in [2.24, 2.45) is 0 Å². The van der Waals surface area contributed by atoms with Gasteiger partial charge in [-0.05, 0) is 37.5 Å². The van der Waals surface area contributed by atoms with Crippen molar-refractivity contribution >= 4 is 23.4 Å². The van der Waals surface area contributed by atoms with Crippen molar-refractivity contribution in [1.82, 2.24) is 10.3 Å². The highest BCUT2D eigenvalue weighted by Gasteiger charge is 2.10. The number of nitrogens with one attached hydrogen (secondary N) is 2. The van der Waals surface area contributed by atoms with E-state index in [-0.39, 0.29) is 11.9 Å². The maximum atomic E-state index is 11.9. The molecule has 0 aliphatic rings. The van der Waals surface area contributed by atoms with Crippen LogP contribution < -0.4 is 10.6 Å². The lowest BCUT2D eigenvalue weighted by Gasteiger charge is -2.13. The largest absolute Gasteiger partial charge is 0.388 e. The molecule has 1 amide bonds. The summed E-state index contributed by atoms with van der Waals surface area (Å²) in [5.41, 5.74) is 1.34. The van der Waals surface area contributed by atoms with Gasteiger partial charge in [-0.2, -0.15) is 11.8 Å². The van der Waals surface area contributed by atoms with E-state index in [4.69, 9.17) is 0 Å². The van der Waals surface area contributed by atoms with Gasteiger partial charge in [-0.1, -0.05) is 0 Å². The van der Waals surface area contributed by atoms with E-state index in [1.807, 2.05) is 20.0 Å². The third-order valence-electron chi connectivity index (χ3n) is 2.41. The van der Waals surface area contributed by atoms with Crippen LogP contribution in [0.5, 0.6) is 0 Å². The first-order valence-corrected chi connectivity index (χ1v) is 7.00. The number of hydrogen-bond acceptors (Lipinski definition) is 4. The highest BCUT2D eigenvalue weighted by atomic mass is 32.2. The van der Waals surface area contributed by atoms with Crippen molar-refractivity contribution < 1.29 is 4.79 Å². The molecule has 4 nitrogen and oxygen atoms in total. The molecule has 0 radical (unpaired) electrons. The van der Waals surface area contributed by atoms with Crippen LogP contribution in [-0.2, 0) is 0 Å². The zero-order valence-electron chi connectivity index (χ0n) is 10.5. The van der Waals surface area contributed by atoms with Gasteiger partial charge in [0.1, 0.15) is 5.69 Å². The van der Waals surface area contributed by atoms with Crippen LogP contribution in [0, 0.1) is 0 Å². The zero-order chi connectivity index (χ0) is 12.7. The number of amides is 1. The lowest BCUT2D eigenvalue weighted by atomic mass is 10.2. The Hall–Kier alpha value is -1.23. The van der Waals surface area contributed by atoms with E-state index in [2.05, 4.69) is 21.9 Å². The fourth-order valence-corrected chi connectivity index (χ4v) is 1.96. The first kappa shape index (κ1) is 13.8. The average molecular weight is 253 g/mol. The van der Waals surface area contributed by atoms with Crippen LogP contribution in [0.1, 0.15) is 23.8 Å². The lowest BCUT2D eigenvalue weighted by molar-refractivity contribution is 0.0934. The van der Waals surface area contributed by atoms with Gasteiger partial charge >= 0.3 is 0 Å². The molecule has 1 heterocycles. The van der Waals surface area contributed by atoms with Crippen molar-refractivity contribution in [1.29, 1.82) is 0 Å². The maximum absolute atomic E-state index is 11.9. The predicted molar refractivity (Wildman–Crippen MR) is 73.7 cm³/mol. The summed E-state index contributed by atoms with van der Waals surface area (Å²) in [5, 5.41) is 5.93. The molecule has 0 saturated heterocycles. The number of thioether (sulfide) groups is 1. The summed E-state index contributed by atoms with van der Waals surface area (Å²) >= 11 is 1.78. The van der Waals surface area contributed by atoms with Crippen molar-refractivity contribution in [2.75, 3.05) is 24.4 Å². The van der Waals surface area contributed by atoms with E-state index in [9.17, 15) is 4.79 Å². The Morgan fingerprint density at radius 1 is 1.59 bits per heavy atom. The van der Waals surface area contributed by atoms with E-state index in [1.165, 1.54) is 0 Å². The number of pyridine rings is 1. The Balaban J connectivity index is 2.56. The number of nitrogens with zero attached hydrogens (tertiary/aromatic N) is 1. The molecule has 1 aromatic rings. The highest BCUT2D eigenvalue weighted by molar-refractivity contribution is 7.98. The molecule has 1 unspecified atom stereocenters. The van der Waals surface area contributed by atoms with Crippen molar-refractivity contribution in [3.8, 4) is 0 Å². The standard InChI is InChI=1S/C12H19N3OS/c1-9(5-7-17-3)15-12(16)11-8-10(13-2)4-6-14-11/h4,6,8-9H,5,7H2,1-3H3,(H,13,14)(H,15,16). The second kappa shape index (κ2) is 7.17. The van der Waals surface area contributed by atoms with Gasteiger partial charge in [0.15, 0.2) is 0 Å². The summed E-state index contributed by atoms with van der Waals surface area (Å²) in [4.78, 5) is 15.9. The molecule has 0 bridgehead atoms. The Morgan fingerprint density at radius 2 is 2.35 bits per heavy atom. The van der Waals surface area contributed by atoms with Gasteiger partial charge in [-0.15, -0.1) is 0 Å². The monoisotopic (exact) mass is 253 g/mol. The number of carbonyl (C=O) groups excluding carboxylic acids is 1. The molecular weight excluding hydrogens is 234 g/mol. The topological polar surface area (TPSA) is 54.0 Å². The van der Waals surface area contributed by atoms with Crippen LogP contribution in [0.4, 0.5) is 5.69 Å². The van der Waals surface area contributed by atoms with Crippen molar-refractivity contribution in [3.05, 3.63) is 24.0 Å². The van der Waals surface area contributed by atoms with E-state index in [1.54, 1.807) is 24.0 Å². The summed E-state index contributed by atoms with van der Waals surface area (Å²) in [6.07, 6.45) is 4.67. The molecule has 17 heavy (non-hydrogen) atoms.